The maximum atomic E-state index is 5.97. The quantitative estimate of drug-likeness (QED) is 0.316. The average Bonchev–Trinajstić information content (AvgIpc) is 2.63. The van der Waals surface area contributed by atoms with E-state index in [1.54, 1.807) is 7.05 Å². The van der Waals surface area contributed by atoms with Gasteiger partial charge in [0.1, 0.15) is 5.75 Å². The van der Waals surface area contributed by atoms with Gasteiger partial charge in [-0.2, -0.15) is 0 Å². The Balaban J connectivity index is 0.00000420. The van der Waals surface area contributed by atoms with Crippen LogP contribution in [0.25, 0.3) is 0 Å². The number of ether oxygens (including phenoxy) is 1. The maximum absolute atomic E-state index is 5.97. The third kappa shape index (κ3) is 8.62. The van der Waals surface area contributed by atoms with E-state index < -0.39 is 0 Å². The van der Waals surface area contributed by atoms with Crippen molar-refractivity contribution in [1.29, 1.82) is 0 Å². The van der Waals surface area contributed by atoms with Crippen LogP contribution in [0.2, 0.25) is 0 Å². The fourth-order valence-corrected chi connectivity index (χ4v) is 2.97. The van der Waals surface area contributed by atoms with E-state index in [9.17, 15) is 0 Å². The predicted molar refractivity (Wildman–Crippen MR) is 133 cm³/mol. The number of nitrogens with one attached hydrogen (secondary N) is 2. The topological polar surface area (TPSA) is 48.9 Å². The van der Waals surface area contributed by atoms with Crippen molar-refractivity contribution in [2.45, 2.75) is 46.5 Å². The largest absolute Gasteiger partial charge is 0.491 e. The lowest BCUT2D eigenvalue weighted by molar-refractivity contribution is 0.239. The van der Waals surface area contributed by atoms with Crippen LogP contribution in [0.1, 0.15) is 36.1 Å². The summed E-state index contributed by atoms with van der Waals surface area (Å²) in [7, 11) is 5.97. The Morgan fingerprint density at radius 1 is 1.00 bits per heavy atom. The van der Waals surface area contributed by atoms with E-state index in [-0.39, 0.29) is 30.1 Å². The Kier molecular flexibility index (Phi) is 11.0. The number of guanidine groups is 1. The van der Waals surface area contributed by atoms with Crippen molar-refractivity contribution in [3.8, 4) is 5.75 Å². The van der Waals surface area contributed by atoms with Gasteiger partial charge in [0.2, 0.25) is 0 Å². The summed E-state index contributed by atoms with van der Waals surface area (Å²) in [4.78, 5) is 6.54. The van der Waals surface area contributed by atoms with Crippen LogP contribution in [0.3, 0.4) is 0 Å². The summed E-state index contributed by atoms with van der Waals surface area (Å²) >= 11 is 0. The number of nitrogens with zero attached hydrogens (tertiary/aromatic N) is 2. The molecule has 0 aliphatic rings. The third-order valence-corrected chi connectivity index (χ3v) is 4.31. The van der Waals surface area contributed by atoms with Crippen LogP contribution in [0.15, 0.2) is 47.5 Å². The van der Waals surface area contributed by atoms with Crippen molar-refractivity contribution in [3.05, 3.63) is 64.7 Å². The van der Waals surface area contributed by atoms with E-state index in [0.29, 0.717) is 6.54 Å². The molecule has 0 amide bonds. The second-order valence-electron chi connectivity index (χ2n) is 7.56. The molecule has 6 heteroatoms. The summed E-state index contributed by atoms with van der Waals surface area (Å²) in [5.41, 5.74) is 4.91. The second kappa shape index (κ2) is 12.7. The number of aryl methyl sites for hydroxylation is 1. The molecule has 2 rings (SSSR count). The van der Waals surface area contributed by atoms with E-state index in [4.69, 9.17) is 4.74 Å². The molecule has 0 atom stereocenters. The molecular weight excluding hydrogens is 475 g/mol. The van der Waals surface area contributed by atoms with Crippen LogP contribution in [0.5, 0.6) is 5.75 Å². The number of rotatable bonds is 8. The molecule has 2 aromatic carbocycles. The zero-order valence-corrected chi connectivity index (χ0v) is 20.8. The molecule has 0 bridgehead atoms. The van der Waals surface area contributed by atoms with Crippen molar-refractivity contribution in [1.82, 2.24) is 15.5 Å². The zero-order chi connectivity index (χ0) is 20.5. The molecule has 0 saturated heterocycles. The van der Waals surface area contributed by atoms with Crippen molar-refractivity contribution in [2.75, 3.05) is 21.1 Å². The first-order chi connectivity index (χ1) is 13.4. The van der Waals surface area contributed by atoms with Gasteiger partial charge in [-0.15, -0.1) is 24.0 Å². The van der Waals surface area contributed by atoms with E-state index in [0.717, 1.165) is 30.4 Å². The third-order valence-electron chi connectivity index (χ3n) is 4.31. The van der Waals surface area contributed by atoms with E-state index >= 15 is 0 Å². The van der Waals surface area contributed by atoms with Gasteiger partial charge in [0.25, 0.3) is 0 Å². The highest BCUT2D eigenvalue weighted by Gasteiger charge is 2.08. The van der Waals surface area contributed by atoms with Gasteiger partial charge in [0.05, 0.1) is 6.10 Å². The van der Waals surface area contributed by atoms with E-state index in [2.05, 4.69) is 84.0 Å². The zero-order valence-electron chi connectivity index (χ0n) is 18.5. The Morgan fingerprint density at radius 2 is 1.62 bits per heavy atom. The highest BCUT2D eigenvalue weighted by Crippen LogP contribution is 2.21. The lowest BCUT2D eigenvalue weighted by atomic mass is 10.1. The summed E-state index contributed by atoms with van der Waals surface area (Å²) < 4.78 is 5.97. The van der Waals surface area contributed by atoms with Crippen molar-refractivity contribution >= 4 is 29.9 Å². The molecule has 0 aromatic heterocycles. The molecular formula is C23H35IN4O. The number of aliphatic imine (C=N–C) groups is 1. The maximum Gasteiger partial charge on any atom is 0.191 e. The van der Waals surface area contributed by atoms with Gasteiger partial charge in [0.15, 0.2) is 5.96 Å². The SMILES string of the molecule is CN=C(NCc1ccccc1CN(C)C)NCc1ccc(C)cc1OC(C)C.I. The van der Waals surface area contributed by atoms with Crippen molar-refractivity contribution in [3.63, 3.8) is 0 Å². The van der Waals surface area contributed by atoms with Crippen LogP contribution in [0, 0.1) is 6.92 Å². The Bertz CT molecular complexity index is 790. The van der Waals surface area contributed by atoms with Crippen molar-refractivity contribution in [2.24, 2.45) is 4.99 Å². The monoisotopic (exact) mass is 510 g/mol. The van der Waals surface area contributed by atoms with E-state index in [1.165, 1.54) is 16.7 Å². The number of benzene rings is 2. The summed E-state index contributed by atoms with van der Waals surface area (Å²) in [5, 5.41) is 6.82. The van der Waals surface area contributed by atoms with Gasteiger partial charge >= 0.3 is 0 Å². The van der Waals surface area contributed by atoms with Gasteiger partial charge < -0.3 is 20.3 Å². The first-order valence-corrected chi connectivity index (χ1v) is 9.81. The molecule has 0 aliphatic heterocycles. The van der Waals surface area contributed by atoms with Crippen molar-refractivity contribution < 1.29 is 4.74 Å². The minimum Gasteiger partial charge on any atom is -0.491 e. The van der Waals surface area contributed by atoms with Gasteiger partial charge in [-0.3, -0.25) is 4.99 Å². The Labute approximate surface area is 193 Å². The highest BCUT2D eigenvalue weighted by atomic mass is 127. The fraction of sp³-hybridized carbons (Fsp3) is 0.435. The minimum absolute atomic E-state index is 0. The molecule has 0 aliphatic carbocycles. The van der Waals surface area contributed by atoms with Gasteiger partial charge in [-0.25, -0.2) is 0 Å². The second-order valence-corrected chi connectivity index (χ2v) is 7.56. The Morgan fingerprint density at radius 3 is 2.21 bits per heavy atom. The molecule has 2 aromatic rings. The van der Waals surface area contributed by atoms with Crippen LogP contribution < -0.4 is 15.4 Å². The minimum atomic E-state index is 0. The lowest BCUT2D eigenvalue weighted by Gasteiger charge is -2.18. The molecule has 160 valence electrons. The molecule has 2 N–H and O–H groups in total. The molecule has 0 saturated carbocycles. The summed E-state index contributed by atoms with van der Waals surface area (Å²) in [6, 6.07) is 14.8. The van der Waals surface area contributed by atoms with Crippen LogP contribution in [0.4, 0.5) is 0 Å². The lowest BCUT2D eigenvalue weighted by Crippen LogP contribution is -2.36. The fourth-order valence-electron chi connectivity index (χ4n) is 2.97. The summed E-state index contributed by atoms with van der Waals surface area (Å²) in [6.07, 6.45) is 0.145. The highest BCUT2D eigenvalue weighted by molar-refractivity contribution is 14.0. The molecule has 0 radical (unpaired) electrons. The van der Waals surface area contributed by atoms with E-state index in [1.807, 2.05) is 13.8 Å². The van der Waals surface area contributed by atoms with Gasteiger partial charge in [-0.05, 0) is 57.6 Å². The normalized spacial score (nSPS) is 11.4. The molecule has 0 spiro atoms. The number of hydrogen-bond donors (Lipinski definition) is 2. The molecule has 0 unspecified atom stereocenters. The smallest absolute Gasteiger partial charge is 0.191 e. The predicted octanol–water partition coefficient (Wildman–Crippen LogP) is 4.33. The molecule has 0 heterocycles. The summed E-state index contributed by atoms with van der Waals surface area (Å²) in [5.74, 6) is 1.70. The first kappa shape index (κ1) is 25.2. The van der Waals surface area contributed by atoms with Gasteiger partial charge in [0, 0.05) is 32.2 Å². The first-order valence-electron chi connectivity index (χ1n) is 9.81. The molecule has 29 heavy (non-hydrogen) atoms. The van der Waals surface area contributed by atoms with Crippen LogP contribution in [-0.4, -0.2) is 38.1 Å². The number of halogens is 1. The summed E-state index contributed by atoms with van der Waals surface area (Å²) in [6.45, 7) is 8.48. The molecule has 0 fully saturated rings. The van der Waals surface area contributed by atoms with Crippen LogP contribution in [-0.2, 0) is 19.6 Å². The number of hydrogen-bond acceptors (Lipinski definition) is 3. The molecule has 5 nitrogen and oxygen atoms in total. The van der Waals surface area contributed by atoms with Crippen LogP contribution >= 0.6 is 24.0 Å². The van der Waals surface area contributed by atoms with Gasteiger partial charge in [-0.1, -0.05) is 36.4 Å². The Hall–Kier alpha value is -1.80. The standard InChI is InChI=1S/C23H34N4O.HI/c1-17(2)28-22-13-18(3)11-12-20(22)15-26-23(24-4)25-14-19-9-7-8-10-21(19)16-27(5)6;/h7-13,17H,14-16H2,1-6H3,(H2,24,25,26);1H. The average molecular weight is 510 g/mol.